The summed E-state index contributed by atoms with van der Waals surface area (Å²) in [4.78, 5) is 18.3. The van der Waals surface area contributed by atoms with Gasteiger partial charge in [0.2, 0.25) is 0 Å². The Hall–Kier alpha value is -2.28. The first-order valence-electron chi connectivity index (χ1n) is 12.9. The quantitative estimate of drug-likeness (QED) is 0.119. The van der Waals surface area contributed by atoms with Gasteiger partial charge in [-0.2, -0.15) is 0 Å². The third-order valence-electron chi connectivity index (χ3n) is 7.44. The number of aromatic hydroxyl groups is 1. The van der Waals surface area contributed by atoms with E-state index in [0.717, 1.165) is 21.8 Å². The number of nitroso groups, excluding NO2 is 1. The summed E-state index contributed by atoms with van der Waals surface area (Å²) in [5.41, 5.74) is 3.34. The van der Waals surface area contributed by atoms with Crippen LogP contribution in [-0.4, -0.2) is 33.5 Å². The van der Waals surface area contributed by atoms with E-state index in [0.29, 0.717) is 16.9 Å². The van der Waals surface area contributed by atoms with E-state index in [-0.39, 0.29) is 5.88 Å². The number of unbranched alkanes of at least 4 members (excludes halogenated alkanes) is 3. The molecule has 0 aliphatic rings. The molecule has 2 aromatic carbocycles. The van der Waals surface area contributed by atoms with Gasteiger partial charge in [-0.1, -0.05) is 0 Å². The molecule has 0 radical (unpaired) electrons. The number of rotatable bonds is 12. The molecule has 2 heterocycles. The van der Waals surface area contributed by atoms with Crippen LogP contribution >= 0.6 is 0 Å². The number of H-pyrrole nitrogens is 2. The monoisotopic (exact) mass is 567 g/mol. The first kappa shape index (κ1) is 24.8. The number of para-hydroxylation sites is 1. The fourth-order valence-corrected chi connectivity index (χ4v) is 21.5. The van der Waals surface area contributed by atoms with Gasteiger partial charge in [-0.25, -0.2) is 0 Å². The van der Waals surface area contributed by atoms with Crippen LogP contribution in [0.25, 0.3) is 33.1 Å². The van der Waals surface area contributed by atoms with Crippen LogP contribution in [0.3, 0.4) is 0 Å². The van der Waals surface area contributed by atoms with E-state index < -0.39 is 18.4 Å². The summed E-state index contributed by atoms with van der Waals surface area (Å²) < 4.78 is 5.77. The van der Waals surface area contributed by atoms with Crippen LogP contribution in [0, 0.1) is 4.91 Å². The Bertz CT molecular complexity index is 1250. The first-order chi connectivity index (χ1) is 16.6. The molecule has 0 aliphatic heterocycles. The molecule has 0 fully saturated rings. The summed E-state index contributed by atoms with van der Waals surface area (Å²) in [6.07, 6.45) is 7.67. The van der Waals surface area contributed by atoms with Crippen molar-refractivity contribution in [2.45, 2.75) is 72.6 Å². The fourth-order valence-electron chi connectivity index (χ4n) is 5.52. The van der Waals surface area contributed by atoms with Crippen LogP contribution < -0.4 is 3.58 Å². The summed E-state index contributed by atoms with van der Waals surface area (Å²) in [5, 5.41) is 16.0. The Morgan fingerprint density at radius 3 is 2.09 bits per heavy atom. The van der Waals surface area contributed by atoms with Crippen molar-refractivity contribution in [3.8, 4) is 17.1 Å². The number of fused-ring (bicyclic) bond motifs is 2. The van der Waals surface area contributed by atoms with Crippen LogP contribution in [0.2, 0.25) is 13.3 Å². The van der Waals surface area contributed by atoms with Crippen LogP contribution in [-0.2, 0) is 0 Å². The summed E-state index contributed by atoms with van der Waals surface area (Å²) in [6, 6.07) is 14.5. The summed E-state index contributed by atoms with van der Waals surface area (Å²) in [7, 11) is 0. The molecule has 3 N–H and O–H groups in total. The van der Waals surface area contributed by atoms with E-state index >= 15 is 0 Å². The topological polar surface area (TPSA) is 81.2 Å². The summed E-state index contributed by atoms with van der Waals surface area (Å²) in [5.74, 6) is 0.0834. The van der Waals surface area contributed by atoms with Gasteiger partial charge in [0.25, 0.3) is 0 Å². The van der Waals surface area contributed by atoms with Crippen LogP contribution in [0.5, 0.6) is 5.88 Å². The van der Waals surface area contributed by atoms with Crippen molar-refractivity contribution in [2.75, 3.05) is 0 Å². The van der Waals surface area contributed by atoms with Gasteiger partial charge in [0.05, 0.1) is 0 Å². The number of nitrogens with zero attached hydrogens (tertiary/aromatic N) is 1. The number of hydrogen-bond acceptors (Lipinski definition) is 3. The third kappa shape index (κ3) is 4.64. The molecule has 6 heteroatoms. The van der Waals surface area contributed by atoms with E-state index in [1.54, 1.807) is 3.58 Å². The van der Waals surface area contributed by atoms with Crippen LogP contribution in [0.1, 0.15) is 59.3 Å². The van der Waals surface area contributed by atoms with Crippen molar-refractivity contribution in [3.05, 3.63) is 47.4 Å². The van der Waals surface area contributed by atoms with Gasteiger partial charge in [0.1, 0.15) is 0 Å². The number of aromatic amines is 2. The molecule has 0 unspecified atom stereocenters. The zero-order valence-corrected chi connectivity index (χ0v) is 23.6. The van der Waals surface area contributed by atoms with Gasteiger partial charge in [-0.3, -0.25) is 0 Å². The second-order valence-electron chi connectivity index (χ2n) is 9.69. The van der Waals surface area contributed by atoms with E-state index in [9.17, 15) is 10.0 Å². The van der Waals surface area contributed by atoms with Gasteiger partial charge < -0.3 is 0 Å². The molecule has 180 valence electrons. The van der Waals surface area contributed by atoms with Gasteiger partial charge in [0, 0.05) is 0 Å². The van der Waals surface area contributed by atoms with Crippen molar-refractivity contribution in [2.24, 2.45) is 5.18 Å². The second-order valence-corrected chi connectivity index (χ2v) is 22.9. The Morgan fingerprint density at radius 2 is 1.47 bits per heavy atom. The molecule has 0 amide bonds. The minimum atomic E-state index is -2.59. The average Bonchev–Trinajstić information content (AvgIpc) is 3.39. The zero-order valence-electron chi connectivity index (χ0n) is 20.7. The third-order valence-corrected chi connectivity index (χ3v) is 23.0. The van der Waals surface area contributed by atoms with Crippen molar-refractivity contribution < 1.29 is 5.11 Å². The van der Waals surface area contributed by atoms with Crippen molar-refractivity contribution in [3.63, 3.8) is 0 Å². The van der Waals surface area contributed by atoms with Crippen LogP contribution in [0.4, 0.5) is 5.69 Å². The minimum absolute atomic E-state index is 0.0834. The molecule has 0 saturated heterocycles. The van der Waals surface area contributed by atoms with E-state index in [2.05, 4.69) is 54.1 Å². The van der Waals surface area contributed by atoms with Gasteiger partial charge in [0.15, 0.2) is 0 Å². The van der Waals surface area contributed by atoms with Gasteiger partial charge in [-0.05, 0) is 0 Å². The first-order valence-corrected chi connectivity index (χ1v) is 20.4. The maximum atomic E-state index is 11.8. The Morgan fingerprint density at radius 1 is 0.824 bits per heavy atom. The number of benzene rings is 2. The standard InChI is InChI=1S/C16H10N3O2.3C4H9.Sn/c20-16-13(9-5-1-3-7-11(9)18-16)15-14(19-21)10-6-2-4-8-12(10)17-15;3*1-3-4-2;/h1-2,4-8,17-18,20H;3*1,3-4H2,2H3;. The Labute approximate surface area is 206 Å². The fraction of sp³-hybridized carbons (Fsp3) is 0.429. The maximum absolute atomic E-state index is 11.8. The number of aromatic nitrogens is 2. The van der Waals surface area contributed by atoms with Gasteiger partial charge >= 0.3 is 207 Å². The normalized spacial score (nSPS) is 12.1. The molecule has 2 aromatic heterocycles. The SMILES string of the molecule is CCC[CH2][Sn]([CH2]CCC)([CH2]CCC)[c]1ccc2c(-c3[nH]c4ccccc4c3N=O)c(O)[nH]c2c1. The molecule has 0 spiro atoms. The molecule has 0 saturated carbocycles. The molecular formula is C28H37N3O2Sn. The second kappa shape index (κ2) is 11.0. The van der Waals surface area contributed by atoms with Crippen molar-refractivity contribution in [1.82, 2.24) is 9.97 Å². The molecule has 4 rings (SSSR count). The molecule has 4 aromatic rings. The number of nitrogens with one attached hydrogen (secondary N) is 2. The molecular weight excluding hydrogens is 529 g/mol. The summed E-state index contributed by atoms with van der Waals surface area (Å²) in [6.45, 7) is 6.90. The van der Waals surface area contributed by atoms with Crippen molar-refractivity contribution in [1.29, 1.82) is 0 Å². The zero-order chi connectivity index (χ0) is 24.1. The Kier molecular flexibility index (Phi) is 8.02. The average molecular weight is 566 g/mol. The van der Waals surface area contributed by atoms with E-state index in [4.69, 9.17) is 0 Å². The number of hydrogen-bond donors (Lipinski definition) is 3. The predicted octanol–water partition coefficient (Wildman–Crippen LogP) is 8.48. The molecule has 0 bridgehead atoms. The van der Waals surface area contributed by atoms with E-state index in [1.165, 1.54) is 51.8 Å². The molecule has 0 aliphatic carbocycles. The molecule has 34 heavy (non-hydrogen) atoms. The van der Waals surface area contributed by atoms with Crippen molar-refractivity contribution >= 4 is 49.4 Å². The predicted molar refractivity (Wildman–Crippen MR) is 147 cm³/mol. The van der Waals surface area contributed by atoms with E-state index in [1.807, 2.05) is 24.3 Å². The Balaban J connectivity index is 1.85. The molecule has 0 atom stereocenters. The summed E-state index contributed by atoms with van der Waals surface area (Å²) >= 11 is -2.59. The van der Waals surface area contributed by atoms with Gasteiger partial charge in [-0.15, -0.1) is 0 Å². The van der Waals surface area contributed by atoms with Crippen LogP contribution in [0.15, 0.2) is 47.6 Å². The molecule has 5 nitrogen and oxygen atoms in total.